The highest BCUT2D eigenvalue weighted by molar-refractivity contribution is 6.92. The van der Waals surface area contributed by atoms with Crippen LogP contribution in [0.2, 0.25) is 33.2 Å². The lowest BCUT2D eigenvalue weighted by molar-refractivity contribution is -0.198. The summed E-state index contributed by atoms with van der Waals surface area (Å²) in [4.78, 5) is 0. The van der Waals surface area contributed by atoms with Crippen molar-refractivity contribution in [1.82, 2.24) is 0 Å². The highest BCUT2D eigenvalue weighted by atomic mass is 28.3. The van der Waals surface area contributed by atoms with Crippen LogP contribution in [0.3, 0.4) is 0 Å². The van der Waals surface area contributed by atoms with E-state index < -0.39 is 51.7 Å². The van der Waals surface area contributed by atoms with Crippen LogP contribution in [-0.2, 0) is 16.1 Å². The van der Waals surface area contributed by atoms with Crippen molar-refractivity contribution in [2.45, 2.75) is 152 Å². The summed E-state index contributed by atoms with van der Waals surface area (Å²) >= 11 is 0. The van der Waals surface area contributed by atoms with Crippen molar-refractivity contribution >= 4 is 16.1 Å². The van der Waals surface area contributed by atoms with Crippen LogP contribution < -0.4 is 0 Å². The van der Waals surface area contributed by atoms with Crippen molar-refractivity contribution in [2.75, 3.05) is 6.61 Å². The maximum Gasteiger partial charge on any atom is 0.186 e. The van der Waals surface area contributed by atoms with Gasteiger partial charge in [0.2, 0.25) is 0 Å². The van der Waals surface area contributed by atoms with Crippen molar-refractivity contribution in [3.8, 4) is 0 Å². The van der Waals surface area contributed by atoms with E-state index in [9.17, 15) is 20.4 Å². The molecule has 6 nitrogen and oxygen atoms in total. The first-order valence-corrected chi connectivity index (χ1v) is 19.5. The third kappa shape index (κ3) is 4.94. The molecule has 1 saturated heterocycles. The van der Waals surface area contributed by atoms with Gasteiger partial charge in [0.1, 0.15) is 38.8 Å². The maximum atomic E-state index is 13.8. The summed E-state index contributed by atoms with van der Waals surface area (Å²) in [7, 11) is -6.04. The maximum absolute atomic E-state index is 13.8. The summed E-state index contributed by atoms with van der Waals surface area (Å²) in [6.07, 6.45) is -3.71. The Bertz CT molecular complexity index is 862. The lowest BCUT2D eigenvalue weighted by atomic mass is 10.0. The van der Waals surface area contributed by atoms with Crippen molar-refractivity contribution in [3.63, 3.8) is 0 Å². The number of benzene rings is 1. The fraction of sp³-hybridized carbons (Fsp3) is 0.806. The Morgan fingerprint density at radius 1 is 0.718 bits per heavy atom. The monoisotopic (exact) mass is 582 g/mol. The zero-order valence-electron chi connectivity index (χ0n) is 26.6. The summed E-state index contributed by atoms with van der Waals surface area (Å²) < 4.78 is 13.2. The fourth-order valence-corrected chi connectivity index (χ4v) is 27.3. The molecule has 0 aliphatic carbocycles. The smallest absolute Gasteiger partial charge is 0.186 e. The number of aliphatic hydroxyl groups is 4. The van der Waals surface area contributed by atoms with Crippen LogP contribution in [0.15, 0.2) is 30.3 Å². The van der Waals surface area contributed by atoms with Crippen LogP contribution in [0, 0.1) is 0 Å². The topological polar surface area (TPSA) is 99.4 Å². The number of hydrogen-bond acceptors (Lipinski definition) is 6. The molecule has 0 unspecified atom stereocenters. The molecule has 226 valence electrons. The van der Waals surface area contributed by atoms with E-state index in [1.807, 2.05) is 30.3 Å². The Morgan fingerprint density at radius 2 is 1.10 bits per heavy atom. The minimum atomic E-state index is -3.03. The van der Waals surface area contributed by atoms with Crippen molar-refractivity contribution in [1.29, 1.82) is 0 Å². The second-order valence-corrected chi connectivity index (χ2v) is 25.9. The first kappa shape index (κ1) is 34.6. The quantitative estimate of drug-likeness (QED) is 0.207. The molecule has 2 rings (SSSR count). The molecule has 1 aliphatic heterocycles. The minimum Gasteiger partial charge on any atom is -0.394 e. The lowest BCUT2D eigenvalue weighted by Crippen LogP contribution is -2.86. The van der Waals surface area contributed by atoms with Gasteiger partial charge in [0.05, 0.1) is 13.2 Å². The minimum absolute atomic E-state index is 0.0528. The second kappa shape index (κ2) is 12.7. The summed E-state index contributed by atoms with van der Waals surface area (Å²) in [5.41, 5.74) is 1.31. The number of rotatable bonds is 13. The van der Waals surface area contributed by atoms with Gasteiger partial charge in [-0.3, -0.25) is 0 Å². The van der Waals surface area contributed by atoms with Crippen LogP contribution in [0.25, 0.3) is 0 Å². The third-order valence-electron chi connectivity index (χ3n) is 10.4. The lowest BCUT2D eigenvalue weighted by Gasteiger charge is -2.65. The van der Waals surface area contributed by atoms with Gasteiger partial charge >= 0.3 is 0 Å². The predicted octanol–water partition coefficient (Wildman–Crippen LogP) is 6.18. The first-order valence-electron chi connectivity index (χ1n) is 15.0. The molecule has 1 aromatic rings. The molecule has 0 radical (unpaired) electrons. The van der Waals surface area contributed by atoms with Gasteiger partial charge in [-0.1, -0.05) is 113 Å². The Kier molecular flexibility index (Phi) is 11.3. The standard InChI is InChI=1S/C31H58O6Si2/c1-20(2)38(21(3)4,22(5)6)30(34)28(27(33)18-32)37-29(36-19-26-16-14-13-15-17-26)31(30,35)39(23(7)8,24(9)10)25(11)12/h13-17,20-25,27-29,32-35H,18-19H2,1-12H3/t27-,28-,29+,30+,31+/m1/s1. The van der Waals surface area contributed by atoms with E-state index in [1.54, 1.807) is 0 Å². The van der Waals surface area contributed by atoms with Crippen LogP contribution in [-0.4, -0.2) is 72.1 Å². The van der Waals surface area contributed by atoms with Gasteiger partial charge in [0, 0.05) is 0 Å². The molecule has 0 amide bonds. The number of aliphatic hydroxyl groups excluding tert-OH is 2. The second-order valence-electron chi connectivity index (χ2n) is 13.8. The summed E-state index contributed by atoms with van der Waals surface area (Å²) in [5.74, 6) is 0. The van der Waals surface area contributed by atoms with Crippen LogP contribution in [0.4, 0.5) is 0 Å². The van der Waals surface area contributed by atoms with E-state index in [0.717, 1.165) is 5.56 Å². The average Bonchev–Trinajstić information content (AvgIpc) is 3.05. The third-order valence-corrected chi connectivity index (χ3v) is 26.1. The Morgan fingerprint density at radius 3 is 1.46 bits per heavy atom. The van der Waals surface area contributed by atoms with Gasteiger partial charge in [-0.25, -0.2) is 0 Å². The Balaban J connectivity index is 3.10. The summed E-state index contributed by atoms with van der Waals surface area (Å²) in [6.45, 7) is 25.5. The molecule has 4 N–H and O–H groups in total. The largest absolute Gasteiger partial charge is 0.394 e. The van der Waals surface area contributed by atoms with E-state index >= 15 is 0 Å². The van der Waals surface area contributed by atoms with Crippen LogP contribution >= 0.6 is 0 Å². The molecule has 1 heterocycles. The zero-order valence-corrected chi connectivity index (χ0v) is 28.6. The molecule has 1 fully saturated rings. The van der Waals surface area contributed by atoms with Crippen molar-refractivity contribution in [2.24, 2.45) is 0 Å². The molecule has 39 heavy (non-hydrogen) atoms. The van der Waals surface area contributed by atoms with Crippen LogP contribution in [0.1, 0.15) is 88.6 Å². The van der Waals surface area contributed by atoms with E-state index in [2.05, 4.69) is 83.1 Å². The molecule has 1 aromatic carbocycles. The molecule has 1 aliphatic rings. The van der Waals surface area contributed by atoms with E-state index in [1.165, 1.54) is 0 Å². The number of ether oxygens (including phenoxy) is 2. The first-order chi connectivity index (χ1) is 18.0. The van der Waals surface area contributed by atoms with Crippen LogP contribution in [0.5, 0.6) is 0 Å². The molecule has 0 bridgehead atoms. The average molecular weight is 583 g/mol. The summed E-state index contributed by atoms with van der Waals surface area (Å²) in [6, 6.07) is 9.76. The SMILES string of the molecule is CC(C)[Si](C(C)C)(C(C)C)[C@@]1(O)[C@@H](OCc2ccccc2)O[C@H]([C@H](O)CO)[C@]1(O)[Si](C(C)C)(C(C)C)C(C)C. The van der Waals surface area contributed by atoms with Gasteiger partial charge in [0.25, 0.3) is 0 Å². The Labute approximate surface area is 240 Å². The van der Waals surface area contributed by atoms with Gasteiger partial charge in [-0.05, 0) is 38.8 Å². The molecule has 0 spiro atoms. The van der Waals surface area contributed by atoms with Gasteiger partial charge in [-0.15, -0.1) is 0 Å². The van der Waals surface area contributed by atoms with Crippen molar-refractivity contribution in [3.05, 3.63) is 35.9 Å². The van der Waals surface area contributed by atoms with Crippen molar-refractivity contribution < 1.29 is 29.9 Å². The molecule has 0 aromatic heterocycles. The van der Waals surface area contributed by atoms with E-state index in [0.29, 0.717) is 0 Å². The van der Waals surface area contributed by atoms with Gasteiger partial charge in [0.15, 0.2) is 6.29 Å². The van der Waals surface area contributed by atoms with E-state index in [-0.39, 0.29) is 39.9 Å². The molecular weight excluding hydrogens is 525 g/mol. The molecule has 5 atom stereocenters. The molecule has 8 heteroatoms. The summed E-state index contributed by atoms with van der Waals surface area (Å²) in [5, 5.41) is 45.6. The van der Waals surface area contributed by atoms with Gasteiger partial charge in [-0.2, -0.15) is 0 Å². The predicted molar refractivity (Wildman–Crippen MR) is 165 cm³/mol. The zero-order chi connectivity index (χ0) is 30.1. The van der Waals surface area contributed by atoms with E-state index in [4.69, 9.17) is 9.47 Å². The molecular formula is C31H58O6Si2. The highest BCUT2D eigenvalue weighted by Gasteiger charge is 2.83. The molecule has 0 saturated carbocycles. The number of hydrogen-bond donors (Lipinski definition) is 4. The fourth-order valence-electron chi connectivity index (χ4n) is 9.85. The Hall–Kier alpha value is -0.586. The van der Waals surface area contributed by atoms with Gasteiger partial charge < -0.3 is 29.9 Å². The highest BCUT2D eigenvalue weighted by Crippen LogP contribution is 2.65. The normalized spacial score (nSPS) is 27.6.